The average molecular weight is 269 g/mol. The maximum atomic E-state index is 11.8. The van der Waals surface area contributed by atoms with Gasteiger partial charge in [-0.05, 0) is 37.9 Å². The van der Waals surface area contributed by atoms with Crippen LogP contribution in [-0.2, 0) is 9.22 Å². The van der Waals surface area contributed by atoms with Gasteiger partial charge in [0.15, 0.2) is 8.32 Å². The topological polar surface area (TPSA) is 52.3 Å². The van der Waals surface area contributed by atoms with Crippen LogP contribution >= 0.6 is 0 Å². The molecule has 0 bridgehead atoms. The molecule has 1 atom stereocenters. The molecule has 1 amide bonds. The van der Waals surface area contributed by atoms with Crippen molar-refractivity contribution in [1.29, 1.82) is 0 Å². The molecule has 0 unspecified atom stereocenters. The van der Waals surface area contributed by atoms with Crippen molar-refractivity contribution < 1.29 is 9.22 Å². The monoisotopic (exact) mass is 269 g/mol. The number of nitrogens with two attached hydrogens (primary N) is 1. The van der Waals surface area contributed by atoms with Crippen molar-refractivity contribution in [2.75, 3.05) is 0 Å². The van der Waals surface area contributed by atoms with Crippen LogP contribution < -0.4 is 5.73 Å². The molecule has 0 saturated heterocycles. The molecule has 0 heterocycles. The lowest BCUT2D eigenvalue weighted by molar-refractivity contribution is -0.132. The van der Waals surface area contributed by atoms with Gasteiger partial charge in [0.25, 0.3) is 0 Å². The molecule has 0 radical (unpaired) electrons. The molecule has 18 heavy (non-hydrogen) atoms. The second-order valence-electron chi connectivity index (χ2n) is 6.92. The Hall–Kier alpha value is -0.613. The number of primary amides is 1. The molecule has 1 rings (SSSR count). The molecule has 1 aliphatic rings. The van der Waals surface area contributed by atoms with E-state index in [-0.39, 0.29) is 17.0 Å². The second kappa shape index (κ2) is 4.81. The van der Waals surface area contributed by atoms with Crippen LogP contribution in [0.4, 0.5) is 0 Å². The zero-order valence-corrected chi connectivity index (χ0v) is 13.5. The zero-order valence-electron chi connectivity index (χ0n) is 12.5. The summed E-state index contributed by atoms with van der Waals surface area (Å²) in [6, 6.07) is 0. The Bertz CT molecular complexity index is 347. The van der Waals surface area contributed by atoms with Gasteiger partial charge >= 0.3 is 0 Å². The summed E-state index contributed by atoms with van der Waals surface area (Å²) in [7, 11) is -1.86. The predicted molar refractivity (Wildman–Crippen MR) is 77.7 cm³/mol. The molecule has 0 aromatic heterocycles. The van der Waals surface area contributed by atoms with Crippen molar-refractivity contribution in [2.45, 2.75) is 64.8 Å². The smallest absolute Gasteiger partial charge is 0.226 e. The van der Waals surface area contributed by atoms with Crippen LogP contribution in [0, 0.1) is 5.41 Å². The van der Waals surface area contributed by atoms with E-state index in [0.29, 0.717) is 12.8 Å². The fourth-order valence-electron chi connectivity index (χ4n) is 2.14. The summed E-state index contributed by atoms with van der Waals surface area (Å²) >= 11 is 0. The van der Waals surface area contributed by atoms with Crippen molar-refractivity contribution in [3.05, 3.63) is 12.2 Å². The summed E-state index contributed by atoms with van der Waals surface area (Å²) < 4.78 is 6.35. The molecule has 4 heteroatoms. The first kappa shape index (κ1) is 15.4. The Morgan fingerprint density at radius 2 is 1.78 bits per heavy atom. The number of carbonyl (C=O) groups is 1. The van der Waals surface area contributed by atoms with Crippen molar-refractivity contribution in [2.24, 2.45) is 11.1 Å². The minimum absolute atomic E-state index is 0.120. The molecule has 0 saturated carbocycles. The lowest BCUT2D eigenvalue weighted by Gasteiger charge is -2.43. The van der Waals surface area contributed by atoms with Crippen molar-refractivity contribution in [1.82, 2.24) is 0 Å². The Morgan fingerprint density at radius 1 is 1.33 bits per heavy atom. The van der Waals surface area contributed by atoms with E-state index in [9.17, 15) is 4.79 Å². The number of rotatable bonds is 4. The highest BCUT2D eigenvalue weighted by Crippen LogP contribution is 2.43. The van der Waals surface area contributed by atoms with E-state index >= 15 is 0 Å². The van der Waals surface area contributed by atoms with E-state index in [1.54, 1.807) is 0 Å². The first-order valence-corrected chi connectivity index (χ1v) is 9.56. The van der Waals surface area contributed by atoms with Gasteiger partial charge in [-0.2, -0.15) is 0 Å². The quantitative estimate of drug-likeness (QED) is 0.629. The van der Waals surface area contributed by atoms with E-state index in [0.717, 1.165) is 0 Å². The summed E-state index contributed by atoms with van der Waals surface area (Å²) in [5.74, 6) is -0.237. The van der Waals surface area contributed by atoms with Crippen LogP contribution in [-0.4, -0.2) is 20.3 Å². The highest BCUT2D eigenvalue weighted by Gasteiger charge is 2.47. The molecule has 3 nitrogen and oxygen atoms in total. The number of carbonyl (C=O) groups excluding carboxylic acids is 1. The Morgan fingerprint density at radius 3 is 2.11 bits per heavy atom. The third kappa shape index (κ3) is 2.69. The first-order valence-electron chi connectivity index (χ1n) is 6.66. The summed E-state index contributed by atoms with van der Waals surface area (Å²) in [6.45, 7) is 13.0. The fraction of sp³-hybridized carbons (Fsp3) is 0.786. The highest BCUT2D eigenvalue weighted by molar-refractivity contribution is 6.74. The fourth-order valence-corrected chi connectivity index (χ4v) is 3.60. The van der Waals surface area contributed by atoms with E-state index < -0.39 is 13.7 Å². The van der Waals surface area contributed by atoms with Gasteiger partial charge in [0.2, 0.25) is 5.91 Å². The van der Waals surface area contributed by atoms with E-state index in [1.807, 2.05) is 19.1 Å². The minimum atomic E-state index is -1.86. The molecular weight excluding hydrogens is 242 g/mol. The maximum absolute atomic E-state index is 11.8. The maximum Gasteiger partial charge on any atom is 0.226 e. The summed E-state index contributed by atoms with van der Waals surface area (Å²) in [5, 5.41) is 0.145. The third-order valence-corrected chi connectivity index (χ3v) is 9.23. The van der Waals surface area contributed by atoms with Crippen LogP contribution in [0.1, 0.15) is 40.5 Å². The molecule has 1 aliphatic carbocycles. The van der Waals surface area contributed by atoms with E-state index in [1.165, 1.54) is 0 Å². The summed E-state index contributed by atoms with van der Waals surface area (Å²) in [4.78, 5) is 11.8. The average Bonchev–Trinajstić information content (AvgIpc) is 2.64. The summed E-state index contributed by atoms with van der Waals surface area (Å²) in [6.07, 6.45) is 5.37. The Kier molecular flexibility index (Phi) is 4.13. The van der Waals surface area contributed by atoms with Gasteiger partial charge in [0.05, 0.1) is 11.5 Å². The molecule has 0 aromatic rings. The third-order valence-electron chi connectivity index (χ3n) is 4.68. The lowest BCUT2D eigenvalue weighted by atomic mass is 9.80. The van der Waals surface area contributed by atoms with E-state index in [4.69, 9.17) is 10.2 Å². The number of hydrogen-bond acceptors (Lipinski definition) is 2. The van der Waals surface area contributed by atoms with Gasteiger partial charge in [-0.15, -0.1) is 0 Å². The van der Waals surface area contributed by atoms with Crippen molar-refractivity contribution >= 4 is 14.2 Å². The van der Waals surface area contributed by atoms with Gasteiger partial charge < -0.3 is 10.2 Å². The largest absolute Gasteiger partial charge is 0.413 e. The summed E-state index contributed by atoms with van der Waals surface area (Å²) in [5.41, 5.74) is 5.09. The number of hydrogen-bond donors (Lipinski definition) is 1. The molecule has 0 fully saturated rings. The van der Waals surface area contributed by atoms with Crippen LogP contribution in [0.25, 0.3) is 0 Å². The molecule has 104 valence electrons. The SMILES string of the molecule is C[C@H](O[Si](C)(C)C(C)(C)C)C1(C(N)=O)CC=CC1. The standard InChI is InChI=1S/C14H27NO2Si/c1-11(17-18(5,6)13(2,3)4)14(12(15)16)9-7-8-10-14/h7-8,11H,9-10H2,1-6H3,(H2,15,16)/t11-/m0/s1. The van der Waals surface area contributed by atoms with Crippen LogP contribution in [0.15, 0.2) is 12.2 Å². The Labute approximate surface area is 112 Å². The Balaban J connectivity index is 2.88. The minimum Gasteiger partial charge on any atom is -0.413 e. The van der Waals surface area contributed by atoms with Gasteiger partial charge in [-0.1, -0.05) is 32.9 Å². The van der Waals surface area contributed by atoms with Crippen molar-refractivity contribution in [3.63, 3.8) is 0 Å². The van der Waals surface area contributed by atoms with Crippen molar-refractivity contribution in [3.8, 4) is 0 Å². The van der Waals surface area contributed by atoms with Crippen LogP contribution in [0.3, 0.4) is 0 Å². The number of allylic oxidation sites excluding steroid dienone is 2. The first-order chi connectivity index (χ1) is 8.03. The molecule has 2 N–H and O–H groups in total. The lowest BCUT2D eigenvalue weighted by Crippen LogP contribution is -2.51. The predicted octanol–water partition coefficient (Wildman–Crippen LogP) is 3.22. The molecular formula is C14H27NO2Si. The second-order valence-corrected chi connectivity index (χ2v) is 11.7. The number of amides is 1. The van der Waals surface area contributed by atoms with E-state index in [2.05, 4.69) is 33.9 Å². The molecule has 0 aliphatic heterocycles. The van der Waals surface area contributed by atoms with Gasteiger partial charge in [-0.3, -0.25) is 4.79 Å². The zero-order chi connectivity index (χ0) is 14.2. The molecule has 0 spiro atoms. The van der Waals surface area contributed by atoms with Gasteiger partial charge in [0.1, 0.15) is 0 Å². The normalized spacial score (nSPS) is 21.0. The van der Waals surface area contributed by atoms with Gasteiger partial charge in [0, 0.05) is 0 Å². The highest BCUT2D eigenvalue weighted by atomic mass is 28.4. The van der Waals surface area contributed by atoms with Crippen LogP contribution in [0.5, 0.6) is 0 Å². The van der Waals surface area contributed by atoms with Crippen LogP contribution in [0.2, 0.25) is 18.1 Å². The molecule has 0 aromatic carbocycles. The van der Waals surface area contributed by atoms with Gasteiger partial charge in [-0.25, -0.2) is 0 Å².